The third kappa shape index (κ3) is 4.25. The minimum absolute atomic E-state index is 0.159. The van der Waals surface area contributed by atoms with Crippen molar-refractivity contribution in [2.75, 3.05) is 13.2 Å². The van der Waals surface area contributed by atoms with Crippen LogP contribution >= 0.6 is 22.7 Å². The molecule has 1 fully saturated rings. The molecule has 9 heteroatoms. The van der Waals surface area contributed by atoms with E-state index >= 15 is 0 Å². The van der Waals surface area contributed by atoms with E-state index in [9.17, 15) is 9.59 Å². The summed E-state index contributed by atoms with van der Waals surface area (Å²) in [6.07, 6.45) is 10.0. The second-order valence-corrected chi connectivity index (χ2v) is 10.6. The van der Waals surface area contributed by atoms with Crippen LogP contribution in [-0.2, 0) is 24.0 Å². The Hall–Kier alpha value is -2.10. The van der Waals surface area contributed by atoms with Crippen LogP contribution in [0.4, 0.5) is 0 Å². The van der Waals surface area contributed by atoms with Gasteiger partial charge in [0.2, 0.25) is 0 Å². The molecule has 0 radical (unpaired) electrons. The zero-order chi connectivity index (χ0) is 22.1. The molecule has 1 saturated carbocycles. The van der Waals surface area contributed by atoms with Crippen LogP contribution in [0.25, 0.3) is 10.2 Å². The number of carbonyl (C=O) groups excluding carboxylic acids is 1. The number of nitrogens with one attached hydrogen (secondary N) is 1. The smallest absolute Gasteiger partial charge is 0.357 e. The molecule has 1 unspecified atom stereocenters. The zero-order valence-corrected chi connectivity index (χ0v) is 19.9. The van der Waals surface area contributed by atoms with Gasteiger partial charge in [0.05, 0.1) is 23.3 Å². The van der Waals surface area contributed by atoms with Crippen LogP contribution in [-0.4, -0.2) is 39.7 Å². The Bertz CT molecular complexity index is 1180. The summed E-state index contributed by atoms with van der Waals surface area (Å²) in [7, 11) is 0. The molecular formula is C23H28N4O3S2. The molecule has 3 heterocycles. The Kier molecular flexibility index (Phi) is 6.39. The summed E-state index contributed by atoms with van der Waals surface area (Å²) in [4.78, 5) is 36.2. The molecule has 0 amide bonds. The molecule has 170 valence electrons. The lowest BCUT2D eigenvalue weighted by Crippen LogP contribution is -2.35. The normalized spacial score (nSPS) is 18.8. The van der Waals surface area contributed by atoms with Gasteiger partial charge in [-0.05, 0) is 44.6 Å². The van der Waals surface area contributed by atoms with Crippen molar-refractivity contribution >= 4 is 38.9 Å². The summed E-state index contributed by atoms with van der Waals surface area (Å²) < 4.78 is 6.90. The highest BCUT2D eigenvalue weighted by Gasteiger charge is 2.27. The van der Waals surface area contributed by atoms with Crippen molar-refractivity contribution in [3.8, 4) is 0 Å². The highest BCUT2D eigenvalue weighted by Crippen LogP contribution is 2.35. The number of thiazole rings is 1. The summed E-state index contributed by atoms with van der Waals surface area (Å²) in [6.45, 7) is 2.97. The van der Waals surface area contributed by atoms with E-state index in [0.29, 0.717) is 24.4 Å². The number of aromatic nitrogens is 3. The number of carbonyl (C=O) groups is 1. The lowest BCUT2D eigenvalue weighted by molar-refractivity contribution is 0.0520. The number of esters is 1. The van der Waals surface area contributed by atoms with E-state index in [0.717, 1.165) is 60.3 Å². The average molecular weight is 473 g/mol. The second-order valence-electron chi connectivity index (χ2n) is 8.57. The predicted molar refractivity (Wildman–Crippen MR) is 127 cm³/mol. The van der Waals surface area contributed by atoms with Crippen molar-refractivity contribution < 1.29 is 9.53 Å². The van der Waals surface area contributed by atoms with Gasteiger partial charge in [0, 0.05) is 35.3 Å². The molecule has 3 aromatic rings. The molecule has 2 aliphatic carbocycles. The molecule has 0 aliphatic heterocycles. The van der Waals surface area contributed by atoms with Crippen molar-refractivity contribution in [3.63, 3.8) is 0 Å². The van der Waals surface area contributed by atoms with Crippen molar-refractivity contribution in [1.29, 1.82) is 0 Å². The predicted octanol–water partition coefficient (Wildman–Crippen LogP) is 3.90. The monoisotopic (exact) mass is 472 g/mol. The maximum Gasteiger partial charge on any atom is 0.357 e. The number of hydrogen-bond acceptors (Lipinski definition) is 8. The van der Waals surface area contributed by atoms with Crippen LogP contribution in [0.15, 0.2) is 16.5 Å². The SMILES string of the molecule is CCOC(=O)c1csc(CCNC2CCc3c(sc4ncn(C5CCCC5)c(=O)c34)C2)n1. The highest BCUT2D eigenvalue weighted by molar-refractivity contribution is 7.18. The van der Waals surface area contributed by atoms with E-state index in [4.69, 9.17) is 4.74 Å². The molecular weight excluding hydrogens is 444 g/mol. The zero-order valence-electron chi connectivity index (χ0n) is 18.3. The number of nitrogens with zero attached hydrogens (tertiary/aromatic N) is 3. The Morgan fingerprint density at radius 2 is 2.16 bits per heavy atom. The van der Waals surface area contributed by atoms with Gasteiger partial charge in [-0.25, -0.2) is 14.8 Å². The largest absolute Gasteiger partial charge is 0.461 e. The standard InChI is InChI=1S/C23H28N4O3S2/c1-2-30-23(29)17-12-31-19(26-17)9-10-24-14-7-8-16-18(11-14)32-21-20(16)22(28)27(13-25-21)15-5-3-4-6-15/h12-15,24H,2-11H2,1H3. The summed E-state index contributed by atoms with van der Waals surface area (Å²) in [5.74, 6) is -0.354. The Morgan fingerprint density at radius 1 is 1.31 bits per heavy atom. The highest BCUT2D eigenvalue weighted by atomic mass is 32.1. The first-order valence-corrected chi connectivity index (χ1v) is 13.2. The number of hydrogen-bond donors (Lipinski definition) is 1. The topological polar surface area (TPSA) is 86.1 Å². The minimum atomic E-state index is -0.354. The molecule has 2 aliphatic rings. The van der Waals surface area contributed by atoms with Gasteiger partial charge in [0.25, 0.3) is 5.56 Å². The first kappa shape index (κ1) is 21.7. The van der Waals surface area contributed by atoms with Crippen molar-refractivity contribution in [2.45, 2.75) is 70.4 Å². The van der Waals surface area contributed by atoms with Gasteiger partial charge in [-0.3, -0.25) is 9.36 Å². The fraction of sp³-hybridized carbons (Fsp3) is 0.565. The fourth-order valence-electron chi connectivity index (χ4n) is 4.90. The maximum atomic E-state index is 13.2. The van der Waals surface area contributed by atoms with Crippen molar-refractivity contribution in [3.05, 3.63) is 43.2 Å². The van der Waals surface area contributed by atoms with E-state index in [1.807, 2.05) is 4.57 Å². The maximum absolute atomic E-state index is 13.2. The molecule has 0 bridgehead atoms. The van der Waals surface area contributed by atoms with Crippen LogP contribution in [0.5, 0.6) is 0 Å². The lowest BCUT2D eigenvalue weighted by atomic mass is 9.93. The summed E-state index contributed by atoms with van der Waals surface area (Å²) in [6, 6.07) is 0.709. The minimum Gasteiger partial charge on any atom is -0.461 e. The Morgan fingerprint density at radius 3 is 2.97 bits per heavy atom. The van der Waals surface area contributed by atoms with Gasteiger partial charge in [0.15, 0.2) is 5.69 Å². The van der Waals surface area contributed by atoms with Gasteiger partial charge in [-0.2, -0.15) is 0 Å². The molecule has 5 rings (SSSR count). The van der Waals surface area contributed by atoms with Gasteiger partial charge in [0.1, 0.15) is 4.83 Å². The van der Waals surface area contributed by atoms with E-state index < -0.39 is 0 Å². The molecule has 32 heavy (non-hydrogen) atoms. The molecule has 7 nitrogen and oxygen atoms in total. The van der Waals surface area contributed by atoms with Gasteiger partial charge in [-0.15, -0.1) is 22.7 Å². The number of thiophene rings is 1. The van der Waals surface area contributed by atoms with Crippen LogP contribution in [0.3, 0.4) is 0 Å². The van der Waals surface area contributed by atoms with E-state index in [1.165, 1.54) is 34.6 Å². The molecule has 1 N–H and O–H groups in total. The van der Waals surface area contributed by atoms with Crippen LogP contribution in [0.2, 0.25) is 0 Å². The number of fused-ring (bicyclic) bond motifs is 3. The van der Waals surface area contributed by atoms with Gasteiger partial charge >= 0.3 is 5.97 Å². The second kappa shape index (κ2) is 9.41. The third-order valence-electron chi connectivity index (χ3n) is 6.52. The number of ether oxygens (including phenoxy) is 1. The lowest BCUT2D eigenvalue weighted by Gasteiger charge is -2.23. The van der Waals surface area contributed by atoms with Crippen molar-refractivity contribution in [1.82, 2.24) is 19.9 Å². The quantitative estimate of drug-likeness (QED) is 0.525. The van der Waals surface area contributed by atoms with Crippen LogP contribution < -0.4 is 10.9 Å². The van der Waals surface area contributed by atoms with Gasteiger partial charge in [-0.1, -0.05) is 12.8 Å². The summed E-state index contributed by atoms with van der Waals surface area (Å²) in [5, 5.41) is 7.22. The van der Waals surface area contributed by atoms with E-state index in [-0.39, 0.29) is 11.5 Å². The number of aryl methyl sites for hydroxylation is 1. The Labute approximate surface area is 194 Å². The van der Waals surface area contributed by atoms with Crippen LogP contribution in [0.1, 0.15) is 71.0 Å². The molecule has 0 aromatic carbocycles. The van der Waals surface area contributed by atoms with E-state index in [1.54, 1.807) is 30.0 Å². The summed E-state index contributed by atoms with van der Waals surface area (Å²) in [5.41, 5.74) is 1.79. The Balaban J connectivity index is 1.23. The molecule has 0 spiro atoms. The number of rotatable bonds is 7. The van der Waals surface area contributed by atoms with Gasteiger partial charge < -0.3 is 10.1 Å². The molecule has 0 saturated heterocycles. The molecule has 1 atom stereocenters. The third-order valence-corrected chi connectivity index (χ3v) is 8.59. The fourth-order valence-corrected chi connectivity index (χ4v) is 6.93. The van der Waals surface area contributed by atoms with E-state index in [2.05, 4.69) is 15.3 Å². The van der Waals surface area contributed by atoms with Crippen LogP contribution in [0, 0.1) is 0 Å². The average Bonchev–Trinajstić information content (AvgIpc) is 3.54. The first-order chi connectivity index (χ1) is 15.6. The summed E-state index contributed by atoms with van der Waals surface area (Å²) >= 11 is 3.18. The molecule has 3 aromatic heterocycles. The van der Waals surface area contributed by atoms with Crippen molar-refractivity contribution in [2.24, 2.45) is 0 Å². The first-order valence-electron chi connectivity index (χ1n) is 11.5.